The maximum absolute atomic E-state index is 12.9. The predicted octanol–water partition coefficient (Wildman–Crippen LogP) is 19.0. The van der Waals surface area contributed by atoms with E-state index in [0.29, 0.717) is 19.3 Å². The van der Waals surface area contributed by atoms with Crippen LogP contribution in [0.1, 0.15) is 329 Å². The quantitative estimate of drug-likeness (QED) is 0.0344. The topological polar surface area (TPSA) is 78.9 Å². The number of carbonyl (C=O) groups excluding carboxylic acids is 3. The van der Waals surface area contributed by atoms with Gasteiger partial charge in [-0.15, -0.1) is 0 Å². The molecule has 0 N–H and O–H groups in total. The molecule has 0 fully saturated rings. The summed E-state index contributed by atoms with van der Waals surface area (Å²) in [6, 6.07) is 0. The number of ether oxygens (including phenoxy) is 3. The first kappa shape index (κ1) is 62.4. The van der Waals surface area contributed by atoms with Crippen LogP contribution in [0, 0.1) is 5.92 Å². The minimum Gasteiger partial charge on any atom is -0.462 e. The van der Waals surface area contributed by atoms with Crippen molar-refractivity contribution >= 4 is 17.9 Å². The fourth-order valence-corrected chi connectivity index (χ4v) is 8.92. The van der Waals surface area contributed by atoms with E-state index in [4.69, 9.17) is 14.2 Å². The van der Waals surface area contributed by atoms with Crippen molar-refractivity contribution in [3.05, 3.63) is 0 Å². The number of hydrogen-bond donors (Lipinski definition) is 0. The molecular formula is C58H112O6. The molecule has 0 heterocycles. The first-order chi connectivity index (χ1) is 31.4. The molecular weight excluding hydrogens is 793 g/mol. The van der Waals surface area contributed by atoms with E-state index in [1.165, 1.54) is 225 Å². The molecule has 0 rings (SSSR count). The zero-order chi connectivity index (χ0) is 46.7. The second kappa shape index (κ2) is 52.4. The van der Waals surface area contributed by atoms with E-state index in [2.05, 4.69) is 27.7 Å². The Morgan fingerprint density at radius 1 is 0.297 bits per heavy atom. The SMILES string of the molecule is CCCCCCCCCCCCCCCCCCCCC(=O)O[C@@H](COC(=O)CCCCCCCCCCCCCCCC)COC(=O)CCCCCCCCCCCCCC(C)C. The van der Waals surface area contributed by atoms with Gasteiger partial charge in [0.1, 0.15) is 13.2 Å². The summed E-state index contributed by atoms with van der Waals surface area (Å²) in [5.74, 6) is -0.00904. The van der Waals surface area contributed by atoms with Gasteiger partial charge < -0.3 is 14.2 Å². The third-order valence-corrected chi connectivity index (χ3v) is 13.3. The lowest BCUT2D eigenvalue weighted by molar-refractivity contribution is -0.167. The normalized spacial score (nSPS) is 12.0. The Hall–Kier alpha value is -1.59. The Balaban J connectivity index is 4.29. The van der Waals surface area contributed by atoms with Gasteiger partial charge in [-0.25, -0.2) is 0 Å². The molecule has 0 saturated carbocycles. The molecule has 0 spiro atoms. The average molecular weight is 906 g/mol. The summed E-state index contributed by atoms with van der Waals surface area (Å²) in [7, 11) is 0. The number of hydrogen-bond acceptors (Lipinski definition) is 6. The number of carbonyl (C=O) groups is 3. The fourth-order valence-electron chi connectivity index (χ4n) is 8.92. The number of rotatable bonds is 53. The molecule has 0 saturated heterocycles. The van der Waals surface area contributed by atoms with E-state index in [1.807, 2.05) is 0 Å². The van der Waals surface area contributed by atoms with Crippen LogP contribution in [-0.4, -0.2) is 37.2 Å². The van der Waals surface area contributed by atoms with Gasteiger partial charge in [0, 0.05) is 19.3 Å². The highest BCUT2D eigenvalue weighted by molar-refractivity contribution is 5.71. The molecule has 0 aromatic carbocycles. The summed E-state index contributed by atoms with van der Waals surface area (Å²) in [6.07, 6.45) is 56.6. The second-order valence-corrected chi connectivity index (χ2v) is 20.4. The lowest BCUT2D eigenvalue weighted by Gasteiger charge is -2.18. The van der Waals surface area contributed by atoms with Gasteiger partial charge in [0.15, 0.2) is 6.10 Å². The third kappa shape index (κ3) is 51.4. The molecule has 64 heavy (non-hydrogen) atoms. The zero-order valence-electron chi connectivity index (χ0n) is 43.8. The maximum Gasteiger partial charge on any atom is 0.306 e. The highest BCUT2D eigenvalue weighted by atomic mass is 16.6. The Bertz CT molecular complexity index is 964. The van der Waals surface area contributed by atoms with Crippen LogP contribution in [0.4, 0.5) is 0 Å². The first-order valence-corrected chi connectivity index (χ1v) is 28.9. The van der Waals surface area contributed by atoms with Gasteiger partial charge in [0.25, 0.3) is 0 Å². The molecule has 0 aliphatic heterocycles. The number of unbranched alkanes of at least 4 members (excludes halogenated alkanes) is 40. The molecule has 0 bridgehead atoms. The molecule has 1 atom stereocenters. The average Bonchev–Trinajstić information content (AvgIpc) is 3.28. The Morgan fingerprint density at radius 2 is 0.516 bits per heavy atom. The standard InChI is InChI=1S/C58H112O6/c1-5-7-9-11-13-15-17-19-21-22-23-24-26-30-35-39-43-47-51-58(61)64-55(52-62-56(59)49-45-41-37-33-29-25-20-18-16-14-12-10-8-6-2)53-63-57(60)50-46-42-38-34-31-27-28-32-36-40-44-48-54(3)4/h54-55H,5-53H2,1-4H3/t55-/m0/s1. The van der Waals surface area contributed by atoms with E-state index in [9.17, 15) is 14.4 Å². The molecule has 6 nitrogen and oxygen atoms in total. The summed E-state index contributed by atoms with van der Waals surface area (Å²) < 4.78 is 16.9. The molecule has 6 heteroatoms. The number of esters is 3. The van der Waals surface area contributed by atoms with E-state index < -0.39 is 6.10 Å². The highest BCUT2D eigenvalue weighted by Crippen LogP contribution is 2.18. The van der Waals surface area contributed by atoms with Gasteiger partial charge in [-0.1, -0.05) is 291 Å². The van der Waals surface area contributed by atoms with Crippen LogP contribution >= 0.6 is 0 Å². The smallest absolute Gasteiger partial charge is 0.306 e. The van der Waals surface area contributed by atoms with Gasteiger partial charge >= 0.3 is 17.9 Å². The largest absolute Gasteiger partial charge is 0.462 e. The molecule has 0 unspecified atom stereocenters. The summed E-state index contributed by atoms with van der Waals surface area (Å²) in [5.41, 5.74) is 0. The van der Waals surface area contributed by atoms with Crippen LogP contribution in [0.2, 0.25) is 0 Å². The van der Waals surface area contributed by atoms with Crippen LogP contribution < -0.4 is 0 Å². The third-order valence-electron chi connectivity index (χ3n) is 13.3. The molecule has 0 aliphatic rings. The van der Waals surface area contributed by atoms with Crippen molar-refractivity contribution in [2.24, 2.45) is 5.92 Å². The Morgan fingerprint density at radius 3 is 0.766 bits per heavy atom. The second-order valence-electron chi connectivity index (χ2n) is 20.4. The minimum absolute atomic E-state index is 0.0620. The van der Waals surface area contributed by atoms with Crippen LogP contribution in [0.3, 0.4) is 0 Å². The lowest BCUT2D eigenvalue weighted by atomic mass is 10.0. The highest BCUT2D eigenvalue weighted by Gasteiger charge is 2.19. The van der Waals surface area contributed by atoms with Crippen molar-refractivity contribution in [2.75, 3.05) is 13.2 Å². The van der Waals surface area contributed by atoms with Crippen LogP contribution in [-0.2, 0) is 28.6 Å². The molecule has 380 valence electrons. The van der Waals surface area contributed by atoms with Gasteiger partial charge in [-0.2, -0.15) is 0 Å². The van der Waals surface area contributed by atoms with Crippen molar-refractivity contribution in [3.8, 4) is 0 Å². The van der Waals surface area contributed by atoms with Crippen LogP contribution in [0.15, 0.2) is 0 Å². The summed E-state index contributed by atoms with van der Waals surface area (Å²) in [6.45, 7) is 9.05. The van der Waals surface area contributed by atoms with E-state index in [1.54, 1.807) is 0 Å². The summed E-state index contributed by atoms with van der Waals surface area (Å²) >= 11 is 0. The molecule has 0 amide bonds. The van der Waals surface area contributed by atoms with Crippen molar-refractivity contribution in [1.82, 2.24) is 0 Å². The van der Waals surface area contributed by atoms with Crippen molar-refractivity contribution in [2.45, 2.75) is 336 Å². The van der Waals surface area contributed by atoms with Crippen LogP contribution in [0.25, 0.3) is 0 Å². The van der Waals surface area contributed by atoms with Crippen LogP contribution in [0.5, 0.6) is 0 Å². The fraction of sp³-hybridized carbons (Fsp3) is 0.948. The predicted molar refractivity (Wildman–Crippen MR) is 275 cm³/mol. The first-order valence-electron chi connectivity index (χ1n) is 28.9. The molecule has 0 radical (unpaired) electrons. The monoisotopic (exact) mass is 905 g/mol. The molecule has 0 aromatic heterocycles. The van der Waals surface area contributed by atoms with Gasteiger partial charge in [-0.3, -0.25) is 14.4 Å². The Kier molecular flexibility index (Phi) is 51.1. The van der Waals surface area contributed by atoms with Crippen molar-refractivity contribution in [1.29, 1.82) is 0 Å². The van der Waals surface area contributed by atoms with E-state index in [-0.39, 0.29) is 31.1 Å². The van der Waals surface area contributed by atoms with Crippen molar-refractivity contribution in [3.63, 3.8) is 0 Å². The minimum atomic E-state index is -0.762. The van der Waals surface area contributed by atoms with Gasteiger partial charge in [0.2, 0.25) is 0 Å². The summed E-state index contributed by atoms with van der Waals surface area (Å²) in [4.78, 5) is 38.1. The van der Waals surface area contributed by atoms with Gasteiger partial charge in [0.05, 0.1) is 0 Å². The molecule has 0 aromatic rings. The lowest BCUT2D eigenvalue weighted by Crippen LogP contribution is -2.30. The Labute approximate surface area is 399 Å². The van der Waals surface area contributed by atoms with Gasteiger partial charge in [-0.05, 0) is 25.2 Å². The van der Waals surface area contributed by atoms with E-state index in [0.717, 1.165) is 63.7 Å². The summed E-state index contributed by atoms with van der Waals surface area (Å²) in [5, 5.41) is 0. The maximum atomic E-state index is 12.9. The zero-order valence-corrected chi connectivity index (χ0v) is 43.8. The van der Waals surface area contributed by atoms with Crippen molar-refractivity contribution < 1.29 is 28.6 Å². The molecule has 0 aliphatic carbocycles. The van der Waals surface area contributed by atoms with E-state index >= 15 is 0 Å².